The summed E-state index contributed by atoms with van der Waals surface area (Å²) >= 11 is 7.76. The molecule has 0 bridgehead atoms. The average Bonchev–Trinajstić information content (AvgIpc) is 3.07. The highest BCUT2D eigenvalue weighted by atomic mass is 35.5. The molecule has 0 unspecified atom stereocenters. The number of phenols is 1. The molecule has 136 valence electrons. The van der Waals surface area contributed by atoms with Gasteiger partial charge < -0.3 is 10.0 Å². The molecule has 0 aliphatic rings. The lowest BCUT2D eigenvalue weighted by Gasteiger charge is -2.20. The van der Waals surface area contributed by atoms with Crippen molar-refractivity contribution in [3.63, 3.8) is 0 Å². The monoisotopic (exact) mass is 395 g/mol. The highest BCUT2D eigenvalue weighted by Crippen LogP contribution is 2.40. The van der Waals surface area contributed by atoms with Crippen LogP contribution in [-0.4, -0.2) is 22.1 Å². The molecule has 0 amide bonds. The van der Waals surface area contributed by atoms with Gasteiger partial charge in [-0.2, -0.15) is 4.98 Å². The summed E-state index contributed by atoms with van der Waals surface area (Å²) in [6, 6.07) is 13.5. The van der Waals surface area contributed by atoms with Crippen molar-refractivity contribution >= 4 is 44.7 Å². The minimum Gasteiger partial charge on any atom is -0.508 e. The van der Waals surface area contributed by atoms with Crippen LogP contribution in [0.3, 0.4) is 0 Å². The second-order valence-electron chi connectivity index (χ2n) is 6.52. The molecule has 0 saturated heterocycles. The van der Waals surface area contributed by atoms with Crippen LogP contribution in [0.4, 0.5) is 11.5 Å². The summed E-state index contributed by atoms with van der Waals surface area (Å²) in [6.07, 6.45) is 0. The van der Waals surface area contributed by atoms with Gasteiger partial charge in [0.25, 0.3) is 0 Å². The first-order valence-electron chi connectivity index (χ1n) is 8.49. The van der Waals surface area contributed by atoms with Crippen LogP contribution in [0.2, 0.25) is 5.28 Å². The topological polar surface area (TPSA) is 49.2 Å². The van der Waals surface area contributed by atoms with Crippen LogP contribution in [-0.2, 0) is 0 Å². The van der Waals surface area contributed by atoms with Gasteiger partial charge in [-0.25, -0.2) is 4.98 Å². The van der Waals surface area contributed by atoms with Crippen molar-refractivity contribution in [1.82, 2.24) is 9.97 Å². The van der Waals surface area contributed by atoms with Crippen LogP contribution in [0.5, 0.6) is 5.75 Å². The molecule has 2 aromatic carbocycles. The molecule has 4 nitrogen and oxygen atoms in total. The van der Waals surface area contributed by atoms with Crippen LogP contribution in [0.15, 0.2) is 47.8 Å². The second kappa shape index (κ2) is 6.83. The number of thiophene rings is 1. The van der Waals surface area contributed by atoms with Crippen LogP contribution in [0.25, 0.3) is 21.3 Å². The molecule has 2 aromatic heterocycles. The Balaban J connectivity index is 1.93. The fraction of sp³-hybridized carbons (Fsp3) is 0.143. The average molecular weight is 396 g/mol. The number of phenolic OH excluding ortho intramolecular Hbond substituents is 1. The highest BCUT2D eigenvalue weighted by molar-refractivity contribution is 7.17. The number of aromatic nitrogens is 2. The third-order valence-corrected chi connectivity index (χ3v) is 5.80. The zero-order chi connectivity index (χ0) is 19.1. The summed E-state index contributed by atoms with van der Waals surface area (Å²) in [4.78, 5) is 11.8. The molecular weight excluding hydrogens is 378 g/mol. The Morgan fingerprint density at radius 3 is 2.44 bits per heavy atom. The summed E-state index contributed by atoms with van der Waals surface area (Å²) in [5, 5.41) is 12.9. The third-order valence-electron chi connectivity index (χ3n) is 4.76. The zero-order valence-electron chi connectivity index (χ0n) is 15.2. The number of fused-ring (bicyclic) bond motifs is 1. The van der Waals surface area contributed by atoms with E-state index in [1.807, 2.05) is 24.1 Å². The normalized spacial score (nSPS) is 11.1. The lowest BCUT2D eigenvalue weighted by atomic mass is 10.0. The number of aryl methyl sites for hydroxylation is 2. The van der Waals surface area contributed by atoms with Gasteiger partial charge >= 0.3 is 0 Å². The summed E-state index contributed by atoms with van der Waals surface area (Å²) in [5.74, 6) is 0.967. The number of rotatable bonds is 3. The van der Waals surface area contributed by atoms with E-state index in [1.165, 1.54) is 11.1 Å². The Kier molecular flexibility index (Phi) is 4.50. The van der Waals surface area contributed by atoms with E-state index in [0.29, 0.717) is 0 Å². The van der Waals surface area contributed by atoms with Crippen LogP contribution < -0.4 is 4.90 Å². The molecule has 0 radical (unpaired) electrons. The SMILES string of the molecule is Cc1ccc(-c2csc3nc(Cl)nc(N(C)c4ccc(O)cc4)c23)cc1C. The number of hydrogen-bond donors (Lipinski definition) is 1. The van der Waals surface area contributed by atoms with Gasteiger partial charge in [-0.15, -0.1) is 11.3 Å². The Bertz CT molecular complexity index is 1140. The van der Waals surface area contributed by atoms with Crippen molar-refractivity contribution < 1.29 is 5.11 Å². The lowest BCUT2D eigenvalue weighted by Crippen LogP contribution is -2.12. The smallest absolute Gasteiger partial charge is 0.225 e. The van der Waals surface area contributed by atoms with E-state index in [1.54, 1.807) is 23.5 Å². The van der Waals surface area contributed by atoms with Gasteiger partial charge in [0.05, 0.1) is 5.39 Å². The predicted molar refractivity (Wildman–Crippen MR) is 114 cm³/mol. The van der Waals surface area contributed by atoms with Gasteiger partial charge in [-0.1, -0.05) is 18.2 Å². The van der Waals surface area contributed by atoms with Crippen LogP contribution in [0, 0.1) is 13.8 Å². The first kappa shape index (κ1) is 17.8. The molecule has 4 rings (SSSR count). The highest BCUT2D eigenvalue weighted by Gasteiger charge is 2.19. The fourth-order valence-corrected chi connectivity index (χ4v) is 4.22. The molecule has 6 heteroatoms. The van der Waals surface area contributed by atoms with Crippen molar-refractivity contribution in [2.45, 2.75) is 13.8 Å². The minimum absolute atomic E-state index is 0.219. The van der Waals surface area contributed by atoms with E-state index in [2.05, 4.69) is 47.4 Å². The molecular formula is C21H18ClN3OS. The molecule has 0 atom stereocenters. The number of halogens is 1. The van der Waals surface area contributed by atoms with Gasteiger partial charge in [-0.3, -0.25) is 0 Å². The largest absolute Gasteiger partial charge is 0.508 e. The first-order chi connectivity index (χ1) is 12.9. The number of hydrogen-bond acceptors (Lipinski definition) is 5. The van der Waals surface area contributed by atoms with Crippen LogP contribution in [0.1, 0.15) is 11.1 Å². The Morgan fingerprint density at radius 1 is 1.00 bits per heavy atom. The van der Waals surface area contributed by atoms with Gasteiger partial charge in [-0.05, 0) is 66.4 Å². The molecule has 0 saturated carbocycles. The van der Waals surface area contributed by atoms with Crippen molar-refractivity contribution in [1.29, 1.82) is 0 Å². The Morgan fingerprint density at radius 2 is 1.74 bits per heavy atom. The molecule has 27 heavy (non-hydrogen) atoms. The lowest BCUT2D eigenvalue weighted by molar-refractivity contribution is 0.475. The van der Waals surface area contributed by atoms with Gasteiger partial charge in [0.15, 0.2) is 0 Å². The number of nitrogens with zero attached hydrogens (tertiary/aromatic N) is 3. The minimum atomic E-state index is 0.219. The molecule has 0 aliphatic carbocycles. The maximum Gasteiger partial charge on any atom is 0.225 e. The van der Waals surface area contributed by atoms with E-state index in [0.717, 1.165) is 32.8 Å². The zero-order valence-corrected chi connectivity index (χ0v) is 16.8. The molecule has 4 aromatic rings. The maximum absolute atomic E-state index is 9.57. The second-order valence-corrected chi connectivity index (χ2v) is 7.72. The predicted octanol–water partition coefficient (Wildman–Crippen LogP) is 6.10. The number of aromatic hydroxyl groups is 1. The quantitative estimate of drug-likeness (QED) is 0.425. The summed E-state index contributed by atoms with van der Waals surface area (Å²) < 4.78 is 0. The maximum atomic E-state index is 9.57. The summed E-state index contributed by atoms with van der Waals surface area (Å²) in [5.41, 5.74) is 5.64. The van der Waals surface area contributed by atoms with E-state index >= 15 is 0 Å². The first-order valence-corrected chi connectivity index (χ1v) is 9.75. The van der Waals surface area contributed by atoms with Gasteiger partial charge in [0.1, 0.15) is 16.4 Å². The molecule has 0 spiro atoms. The van der Waals surface area contributed by atoms with E-state index in [9.17, 15) is 5.11 Å². The Labute approximate surface area is 166 Å². The number of anilines is 2. The summed E-state index contributed by atoms with van der Waals surface area (Å²) in [7, 11) is 1.94. The molecule has 0 fully saturated rings. The number of benzene rings is 2. The van der Waals surface area contributed by atoms with Gasteiger partial charge in [0.2, 0.25) is 5.28 Å². The van der Waals surface area contributed by atoms with Crippen molar-refractivity contribution in [2.24, 2.45) is 0 Å². The van der Waals surface area contributed by atoms with Crippen molar-refractivity contribution in [3.8, 4) is 16.9 Å². The molecule has 0 aliphatic heterocycles. The summed E-state index contributed by atoms with van der Waals surface area (Å²) in [6.45, 7) is 4.22. The van der Waals surface area contributed by atoms with Crippen LogP contribution >= 0.6 is 22.9 Å². The van der Waals surface area contributed by atoms with Crippen molar-refractivity contribution in [3.05, 3.63) is 64.3 Å². The fourth-order valence-electron chi connectivity index (χ4n) is 3.06. The third kappa shape index (κ3) is 3.24. The van der Waals surface area contributed by atoms with Crippen molar-refractivity contribution in [2.75, 3.05) is 11.9 Å². The standard InChI is InChI=1S/C21H18ClN3OS/c1-12-4-5-14(10-13(12)2)17-11-27-20-18(17)19(23-21(22)24-20)25(3)15-6-8-16(26)9-7-15/h4-11,26H,1-3H3. The molecule has 1 N–H and O–H groups in total. The van der Waals surface area contributed by atoms with E-state index in [4.69, 9.17) is 11.6 Å². The van der Waals surface area contributed by atoms with Gasteiger partial charge in [0, 0.05) is 23.7 Å². The van der Waals surface area contributed by atoms with E-state index in [-0.39, 0.29) is 11.0 Å². The van der Waals surface area contributed by atoms with E-state index < -0.39 is 0 Å². The molecule has 2 heterocycles. The Hall–Kier alpha value is -2.63.